The normalized spacial score (nSPS) is 21.6. The van der Waals surface area contributed by atoms with Crippen LogP contribution in [-0.4, -0.2) is 128 Å². The van der Waals surface area contributed by atoms with E-state index in [1.54, 1.807) is 40.0 Å². The molecule has 1 saturated carbocycles. The van der Waals surface area contributed by atoms with Gasteiger partial charge in [-0.2, -0.15) is 10.2 Å². The Morgan fingerprint density at radius 1 is 1.02 bits per heavy atom. The van der Waals surface area contributed by atoms with Crippen molar-refractivity contribution in [3.05, 3.63) is 64.7 Å². The van der Waals surface area contributed by atoms with E-state index < -0.39 is 24.1 Å². The van der Waals surface area contributed by atoms with Crippen molar-refractivity contribution in [1.82, 2.24) is 39.5 Å². The van der Waals surface area contributed by atoms with Gasteiger partial charge in [-0.05, 0) is 62.8 Å². The lowest BCUT2D eigenvalue weighted by Gasteiger charge is -2.33. The van der Waals surface area contributed by atoms with Crippen LogP contribution in [-0.2, 0) is 14.3 Å². The second-order valence-electron chi connectivity index (χ2n) is 16.4. The molecule has 5 aliphatic rings. The molecule has 2 bridgehead atoms. The average molecular weight is 862 g/mol. The Hall–Kier alpha value is -5.53. The van der Waals surface area contributed by atoms with E-state index in [0.717, 1.165) is 32.5 Å². The number of urea groups is 1. The van der Waals surface area contributed by atoms with Gasteiger partial charge in [0, 0.05) is 95.2 Å². The van der Waals surface area contributed by atoms with Crippen LogP contribution < -0.4 is 20.4 Å². The molecule has 2 N–H and O–H groups in total. The Bertz CT molecular complexity index is 2360. The summed E-state index contributed by atoms with van der Waals surface area (Å²) in [6, 6.07) is 6.04. The number of nitrogens with one attached hydrogen (secondary N) is 2. The molecule has 322 valence electrons. The molecule has 17 nitrogen and oxygen atoms in total. The highest BCUT2D eigenvalue weighted by Crippen LogP contribution is 2.38. The van der Waals surface area contributed by atoms with Crippen molar-refractivity contribution in [3.8, 4) is 0 Å². The first-order chi connectivity index (χ1) is 29.5. The van der Waals surface area contributed by atoms with E-state index in [0.29, 0.717) is 86.1 Å². The van der Waals surface area contributed by atoms with E-state index in [-0.39, 0.29) is 65.9 Å². The van der Waals surface area contributed by atoms with E-state index in [9.17, 15) is 32.8 Å². The van der Waals surface area contributed by atoms with Crippen LogP contribution in [0.15, 0.2) is 42.9 Å². The molecule has 4 saturated heterocycles. The number of Topliss-reactive ketones (excluding diaryl/α,β-unsaturated/α-hetero) is 1. The number of nitrogens with zero attached hydrogens (tertiary/aromatic N) is 9. The Morgan fingerprint density at radius 2 is 1.82 bits per heavy atom. The number of amides is 5. The summed E-state index contributed by atoms with van der Waals surface area (Å²) in [7, 11) is 0. The molecular weight excluding hydrogens is 816 g/mol. The molecule has 61 heavy (non-hydrogen) atoms. The molecule has 2 atom stereocenters. The Balaban J connectivity index is 0.721. The number of alkyl halides is 2. The molecule has 0 radical (unpaired) electrons. The third-order valence-corrected chi connectivity index (χ3v) is 12.9. The number of hydrogen-bond acceptors (Lipinski definition) is 11. The number of imide groups is 1. The van der Waals surface area contributed by atoms with Crippen molar-refractivity contribution in [2.24, 2.45) is 5.92 Å². The van der Waals surface area contributed by atoms with Gasteiger partial charge in [-0.25, -0.2) is 23.1 Å². The van der Waals surface area contributed by atoms with E-state index >= 15 is 0 Å². The largest absolute Gasteiger partial charge is 0.378 e. The van der Waals surface area contributed by atoms with Gasteiger partial charge in [0.05, 0.1) is 34.7 Å². The maximum absolute atomic E-state index is 14.2. The number of ether oxygens (including phenoxy) is 1. The average Bonchev–Trinajstić information content (AvgIpc) is 4.06. The highest BCUT2D eigenvalue weighted by molar-refractivity contribution is 6.34. The van der Waals surface area contributed by atoms with Crippen LogP contribution in [0.3, 0.4) is 0 Å². The smallest absolute Gasteiger partial charge is 0.328 e. The van der Waals surface area contributed by atoms with Crippen LogP contribution >= 0.6 is 11.6 Å². The summed E-state index contributed by atoms with van der Waals surface area (Å²) >= 11 is 6.36. The zero-order chi connectivity index (χ0) is 42.4. The van der Waals surface area contributed by atoms with E-state index in [1.165, 1.54) is 21.8 Å². The quantitative estimate of drug-likeness (QED) is 0.188. The number of hydrogen-bond donors (Lipinski definition) is 2. The number of piperidine rings is 3. The Kier molecular flexibility index (Phi) is 11.4. The van der Waals surface area contributed by atoms with Gasteiger partial charge < -0.3 is 24.8 Å². The second kappa shape index (κ2) is 17.1. The maximum Gasteiger partial charge on any atom is 0.328 e. The van der Waals surface area contributed by atoms with Crippen LogP contribution in [0.2, 0.25) is 5.02 Å². The molecule has 4 aliphatic heterocycles. The van der Waals surface area contributed by atoms with Crippen molar-refractivity contribution in [2.75, 3.05) is 67.5 Å². The summed E-state index contributed by atoms with van der Waals surface area (Å²) in [4.78, 5) is 75.2. The van der Waals surface area contributed by atoms with Crippen LogP contribution in [0.25, 0.3) is 5.65 Å². The van der Waals surface area contributed by atoms with Crippen molar-refractivity contribution < 1.29 is 37.5 Å². The molecule has 9 rings (SSSR count). The molecule has 1 aromatic carbocycles. The van der Waals surface area contributed by atoms with Crippen molar-refractivity contribution >= 4 is 64.0 Å². The summed E-state index contributed by atoms with van der Waals surface area (Å²) in [5.41, 5.74) is 0.693. The number of halogens is 3. The number of fused-ring (bicyclic) bond motifs is 3. The number of aromatic nitrogens is 5. The minimum Gasteiger partial charge on any atom is -0.378 e. The van der Waals surface area contributed by atoms with Gasteiger partial charge in [-0.1, -0.05) is 11.6 Å². The number of carbonyl (C=O) groups is 5. The zero-order valence-electron chi connectivity index (χ0n) is 33.4. The predicted molar refractivity (Wildman–Crippen MR) is 218 cm³/mol. The van der Waals surface area contributed by atoms with Gasteiger partial charge >= 0.3 is 6.03 Å². The topological polar surface area (TPSA) is 180 Å². The van der Waals surface area contributed by atoms with E-state index in [4.69, 9.17) is 21.3 Å². The SMILES string of the molecule is O=C1CCN(c2cc(C(=O)N3CCC(OCCCN4CCC(n5cc(NC(=O)c6cnn7ccc(N8C[C@H]9C[C@@H]8CC9=O)nc67)c(C(F)F)n5)CC4)CC3)ccc2Cl)C(=O)N1. The predicted octanol–water partition coefficient (Wildman–Crippen LogP) is 4.73. The fourth-order valence-corrected chi connectivity index (χ4v) is 9.46. The molecule has 0 unspecified atom stereocenters. The third-order valence-electron chi connectivity index (χ3n) is 12.6. The van der Waals surface area contributed by atoms with Gasteiger partial charge in [0.1, 0.15) is 17.2 Å². The summed E-state index contributed by atoms with van der Waals surface area (Å²) in [5.74, 6) is -0.198. The number of benzene rings is 1. The molecule has 0 spiro atoms. The number of rotatable bonds is 12. The summed E-state index contributed by atoms with van der Waals surface area (Å²) in [5, 5.41) is 13.7. The van der Waals surface area contributed by atoms with Crippen LogP contribution in [0.1, 0.15) is 90.2 Å². The molecule has 5 amide bonds. The van der Waals surface area contributed by atoms with Gasteiger partial charge in [0.15, 0.2) is 11.3 Å². The zero-order valence-corrected chi connectivity index (χ0v) is 34.1. The first-order valence-electron chi connectivity index (χ1n) is 20.9. The highest BCUT2D eigenvalue weighted by atomic mass is 35.5. The fraction of sp³-hybridized carbons (Fsp3) is 0.512. The lowest BCUT2D eigenvalue weighted by atomic mass is 10.0. The molecule has 7 heterocycles. The lowest BCUT2D eigenvalue weighted by molar-refractivity contribution is -0.121. The standard InChI is InChI=1S/C41H46ClF2N11O6/c42-30-3-2-24(19-32(30)52-15-9-35(57)48-41(52)60)40(59)51-13-6-28(7-14-51)61-17-1-10-50-11-4-26(5-12-50)55-23-31(36(49-55)37(43)44)46-39(58)29-21-45-54-16-8-34(47-38(29)54)53-22-25-18-27(53)20-33(25)56/h2-3,8,16,19,21,23,25-28,37H,1,4-7,9-15,17-18,20,22H2,(H,46,58)(H,48,57,60)/t25-,27-/m1/s1. The lowest BCUT2D eigenvalue weighted by Crippen LogP contribution is -2.49. The maximum atomic E-state index is 14.2. The minimum atomic E-state index is -2.90. The number of likely N-dealkylation sites (tertiary alicyclic amines) is 2. The van der Waals surface area contributed by atoms with Crippen LogP contribution in [0.5, 0.6) is 0 Å². The van der Waals surface area contributed by atoms with Gasteiger partial charge in [-0.15, -0.1) is 0 Å². The molecule has 5 fully saturated rings. The Morgan fingerprint density at radius 3 is 2.54 bits per heavy atom. The highest BCUT2D eigenvalue weighted by Gasteiger charge is 2.44. The molecule has 1 aliphatic carbocycles. The molecular formula is C41H46ClF2N11O6. The Labute approximate surface area is 354 Å². The van der Waals surface area contributed by atoms with Crippen LogP contribution in [0, 0.1) is 5.92 Å². The second-order valence-corrected chi connectivity index (χ2v) is 16.8. The minimum absolute atomic E-state index is 0.00398. The fourth-order valence-electron chi connectivity index (χ4n) is 9.24. The first kappa shape index (κ1) is 40.9. The van der Waals surface area contributed by atoms with E-state index in [1.807, 2.05) is 0 Å². The van der Waals surface area contributed by atoms with Crippen molar-refractivity contribution in [1.29, 1.82) is 0 Å². The monoisotopic (exact) mass is 861 g/mol. The molecule has 20 heteroatoms. The van der Waals surface area contributed by atoms with Gasteiger partial charge in [-0.3, -0.25) is 34.1 Å². The third kappa shape index (κ3) is 8.42. The molecule has 4 aromatic rings. The van der Waals surface area contributed by atoms with Gasteiger partial charge in [0.25, 0.3) is 18.2 Å². The van der Waals surface area contributed by atoms with E-state index in [2.05, 4.69) is 30.6 Å². The summed E-state index contributed by atoms with van der Waals surface area (Å²) in [6.07, 6.45) is 6.74. The number of ketones is 1. The number of anilines is 3. The molecule has 3 aromatic heterocycles. The summed E-state index contributed by atoms with van der Waals surface area (Å²) in [6.45, 7) is 4.74. The number of carbonyl (C=O) groups excluding carboxylic acids is 5. The van der Waals surface area contributed by atoms with Crippen LogP contribution in [0.4, 0.5) is 30.8 Å². The summed E-state index contributed by atoms with van der Waals surface area (Å²) < 4.78 is 37.7. The van der Waals surface area contributed by atoms with Gasteiger partial charge in [0.2, 0.25) is 5.91 Å². The van der Waals surface area contributed by atoms with Crippen molar-refractivity contribution in [3.63, 3.8) is 0 Å². The van der Waals surface area contributed by atoms with Crippen molar-refractivity contribution in [2.45, 2.75) is 76.0 Å². The first-order valence-corrected chi connectivity index (χ1v) is 21.2.